The van der Waals surface area contributed by atoms with Crippen molar-refractivity contribution in [1.82, 2.24) is 0 Å². The van der Waals surface area contributed by atoms with Gasteiger partial charge in [-0.05, 0) is 29.3 Å². The van der Waals surface area contributed by atoms with E-state index in [1.807, 2.05) is 48.5 Å². The molecular weight excluding hydrogens is 244 g/mol. The Hall–Kier alpha value is -1.73. The van der Waals surface area contributed by atoms with Gasteiger partial charge in [-0.3, -0.25) is 0 Å². The number of allylic oxidation sites excluding steroid dienone is 1. The fraction of sp³-hybridized carbons (Fsp3) is 0.125. The molecule has 0 saturated heterocycles. The highest BCUT2D eigenvalue weighted by molar-refractivity contribution is 6.31. The molecule has 1 nitrogen and oxygen atoms in total. The highest BCUT2D eigenvalue weighted by Gasteiger charge is 1.97. The minimum absolute atomic E-state index is 0.758. The van der Waals surface area contributed by atoms with E-state index in [1.165, 1.54) is 5.56 Å². The van der Waals surface area contributed by atoms with Crippen LogP contribution in [0.25, 0.3) is 6.08 Å². The lowest BCUT2D eigenvalue weighted by Crippen LogP contribution is -1.85. The van der Waals surface area contributed by atoms with Gasteiger partial charge in [-0.1, -0.05) is 54.1 Å². The molecule has 92 valence electrons. The average molecular weight is 259 g/mol. The molecule has 0 aliphatic heterocycles. The Morgan fingerprint density at radius 3 is 2.33 bits per heavy atom. The van der Waals surface area contributed by atoms with Gasteiger partial charge in [0, 0.05) is 11.5 Å². The van der Waals surface area contributed by atoms with E-state index < -0.39 is 0 Å². The molecule has 2 aromatic rings. The Bertz CT molecular complexity index is 515. The molecule has 0 aliphatic rings. The lowest BCUT2D eigenvalue weighted by atomic mass is 10.1. The Morgan fingerprint density at radius 1 is 1.06 bits per heavy atom. The minimum Gasteiger partial charge on any atom is -0.497 e. The number of benzene rings is 2. The molecule has 0 radical (unpaired) electrons. The minimum atomic E-state index is 0.758. The first kappa shape index (κ1) is 12.7. The van der Waals surface area contributed by atoms with E-state index in [0.717, 1.165) is 22.8 Å². The zero-order valence-corrected chi connectivity index (χ0v) is 11.0. The van der Waals surface area contributed by atoms with Crippen LogP contribution in [0.2, 0.25) is 0 Å². The summed E-state index contributed by atoms with van der Waals surface area (Å²) in [5.41, 5.74) is 2.30. The second kappa shape index (κ2) is 6.27. The van der Waals surface area contributed by atoms with E-state index >= 15 is 0 Å². The van der Waals surface area contributed by atoms with Crippen LogP contribution >= 0.6 is 11.6 Å². The molecule has 0 unspecified atom stereocenters. The van der Waals surface area contributed by atoms with Gasteiger partial charge in [0.05, 0.1) is 7.11 Å². The van der Waals surface area contributed by atoms with Gasteiger partial charge in [0.2, 0.25) is 0 Å². The van der Waals surface area contributed by atoms with Gasteiger partial charge in [0.1, 0.15) is 5.75 Å². The fourth-order valence-corrected chi connectivity index (χ4v) is 2.00. The summed E-state index contributed by atoms with van der Waals surface area (Å²) in [6.07, 6.45) is 2.74. The van der Waals surface area contributed by atoms with Crippen LogP contribution in [0.5, 0.6) is 5.75 Å². The average Bonchev–Trinajstić information content (AvgIpc) is 2.40. The first-order chi connectivity index (χ1) is 8.78. The van der Waals surface area contributed by atoms with Crippen molar-refractivity contribution in [3.63, 3.8) is 0 Å². The van der Waals surface area contributed by atoms with Crippen LogP contribution in [0.1, 0.15) is 11.1 Å². The third-order valence-electron chi connectivity index (χ3n) is 2.65. The lowest BCUT2D eigenvalue weighted by Gasteiger charge is -2.02. The van der Waals surface area contributed by atoms with E-state index in [4.69, 9.17) is 16.3 Å². The predicted molar refractivity (Wildman–Crippen MR) is 77.0 cm³/mol. The van der Waals surface area contributed by atoms with Crippen molar-refractivity contribution >= 4 is 17.7 Å². The SMILES string of the molecule is COc1ccc(C=C(Cl)Cc2ccccc2)cc1. The molecule has 0 atom stereocenters. The van der Waals surface area contributed by atoms with Gasteiger partial charge < -0.3 is 4.74 Å². The molecule has 0 fully saturated rings. The topological polar surface area (TPSA) is 9.23 Å². The molecule has 0 aromatic heterocycles. The molecule has 0 heterocycles. The van der Waals surface area contributed by atoms with E-state index in [9.17, 15) is 0 Å². The van der Waals surface area contributed by atoms with Crippen molar-refractivity contribution in [3.05, 3.63) is 70.8 Å². The van der Waals surface area contributed by atoms with E-state index in [0.29, 0.717) is 0 Å². The summed E-state index contributed by atoms with van der Waals surface area (Å²) in [6, 6.07) is 18.0. The van der Waals surface area contributed by atoms with Gasteiger partial charge in [-0.25, -0.2) is 0 Å². The van der Waals surface area contributed by atoms with Gasteiger partial charge in [-0.15, -0.1) is 0 Å². The standard InChI is InChI=1S/C16H15ClO/c1-18-16-9-7-14(8-10-16)12-15(17)11-13-5-3-2-4-6-13/h2-10,12H,11H2,1H3. The molecular formula is C16H15ClO. The van der Waals surface area contributed by atoms with Crippen LogP contribution in [0, 0.1) is 0 Å². The van der Waals surface area contributed by atoms with E-state index in [2.05, 4.69) is 12.1 Å². The maximum atomic E-state index is 6.25. The molecule has 2 heteroatoms. The van der Waals surface area contributed by atoms with Crippen molar-refractivity contribution < 1.29 is 4.74 Å². The van der Waals surface area contributed by atoms with Gasteiger partial charge >= 0.3 is 0 Å². The summed E-state index contributed by atoms with van der Waals surface area (Å²) < 4.78 is 5.12. The third kappa shape index (κ3) is 3.64. The smallest absolute Gasteiger partial charge is 0.118 e. The Labute approximate surface area is 113 Å². The first-order valence-corrected chi connectivity index (χ1v) is 6.20. The van der Waals surface area contributed by atoms with Crippen molar-refractivity contribution in [3.8, 4) is 5.75 Å². The van der Waals surface area contributed by atoms with Crippen molar-refractivity contribution in [2.24, 2.45) is 0 Å². The number of ether oxygens (including phenoxy) is 1. The third-order valence-corrected chi connectivity index (χ3v) is 2.90. The fourth-order valence-electron chi connectivity index (χ4n) is 1.72. The van der Waals surface area contributed by atoms with Gasteiger partial charge in [-0.2, -0.15) is 0 Å². The molecule has 0 N–H and O–H groups in total. The summed E-state index contributed by atoms with van der Waals surface area (Å²) in [7, 11) is 1.66. The number of hydrogen-bond acceptors (Lipinski definition) is 1. The van der Waals surface area contributed by atoms with Crippen LogP contribution in [0.4, 0.5) is 0 Å². The van der Waals surface area contributed by atoms with Gasteiger partial charge in [0.15, 0.2) is 0 Å². The molecule has 0 spiro atoms. The Morgan fingerprint density at radius 2 is 1.72 bits per heavy atom. The molecule has 0 amide bonds. The highest BCUT2D eigenvalue weighted by atomic mass is 35.5. The van der Waals surface area contributed by atoms with Crippen LogP contribution in [-0.2, 0) is 6.42 Å². The lowest BCUT2D eigenvalue weighted by molar-refractivity contribution is 0.415. The number of hydrogen-bond donors (Lipinski definition) is 0. The molecule has 2 rings (SSSR count). The number of halogens is 1. The largest absolute Gasteiger partial charge is 0.497 e. The van der Waals surface area contributed by atoms with Crippen LogP contribution in [0.15, 0.2) is 59.6 Å². The van der Waals surface area contributed by atoms with Gasteiger partial charge in [0.25, 0.3) is 0 Å². The quantitative estimate of drug-likeness (QED) is 0.784. The molecule has 2 aromatic carbocycles. The Kier molecular flexibility index (Phi) is 4.43. The predicted octanol–water partition coefficient (Wildman–Crippen LogP) is 4.52. The normalized spacial score (nSPS) is 11.3. The summed E-state index contributed by atoms with van der Waals surface area (Å²) in [5.74, 6) is 0.853. The molecule has 18 heavy (non-hydrogen) atoms. The zero-order valence-electron chi connectivity index (χ0n) is 10.3. The Balaban J connectivity index is 2.07. The van der Waals surface area contributed by atoms with Crippen molar-refractivity contribution in [2.75, 3.05) is 7.11 Å². The van der Waals surface area contributed by atoms with E-state index in [-0.39, 0.29) is 0 Å². The number of rotatable bonds is 4. The van der Waals surface area contributed by atoms with Crippen molar-refractivity contribution in [2.45, 2.75) is 6.42 Å². The monoisotopic (exact) mass is 258 g/mol. The summed E-state index contributed by atoms with van der Waals surface area (Å²) >= 11 is 6.25. The molecule has 0 aliphatic carbocycles. The number of methoxy groups -OCH3 is 1. The zero-order chi connectivity index (χ0) is 12.8. The highest BCUT2D eigenvalue weighted by Crippen LogP contribution is 2.18. The maximum absolute atomic E-state index is 6.25. The maximum Gasteiger partial charge on any atom is 0.118 e. The van der Waals surface area contributed by atoms with Crippen LogP contribution < -0.4 is 4.74 Å². The first-order valence-electron chi connectivity index (χ1n) is 5.82. The summed E-state index contributed by atoms with van der Waals surface area (Å²) in [5, 5.41) is 0.825. The van der Waals surface area contributed by atoms with Crippen LogP contribution in [-0.4, -0.2) is 7.11 Å². The second-order valence-corrected chi connectivity index (χ2v) is 4.51. The van der Waals surface area contributed by atoms with Crippen LogP contribution in [0.3, 0.4) is 0 Å². The summed E-state index contributed by atoms with van der Waals surface area (Å²) in [6.45, 7) is 0. The molecule has 0 bridgehead atoms. The second-order valence-electron chi connectivity index (χ2n) is 4.03. The van der Waals surface area contributed by atoms with Crippen molar-refractivity contribution in [1.29, 1.82) is 0 Å². The van der Waals surface area contributed by atoms with E-state index in [1.54, 1.807) is 7.11 Å². The molecule has 0 saturated carbocycles. The summed E-state index contributed by atoms with van der Waals surface area (Å²) in [4.78, 5) is 0.